The van der Waals surface area contributed by atoms with Gasteiger partial charge in [-0.15, -0.1) is 5.10 Å². The number of anilines is 1. The van der Waals surface area contributed by atoms with Crippen molar-refractivity contribution in [2.24, 2.45) is 0 Å². The van der Waals surface area contributed by atoms with E-state index in [1.807, 2.05) is 6.92 Å². The number of thioether (sulfide) groups is 1. The summed E-state index contributed by atoms with van der Waals surface area (Å²) >= 11 is 1.46. The largest absolute Gasteiger partial charge is 0.351 e. The molecule has 1 aliphatic rings. The van der Waals surface area contributed by atoms with Crippen LogP contribution >= 0.6 is 11.8 Å². The number of nitrogens with one attached hydrogen (secondary N) is 2. The molecule has 3 aromatic rings. The van der Waals surface area contributed by atoms with E-state index in [-0.39, 0.29) is 10.8 Å². The fourth-order valence-electron chi connectivity index (χ4n) is 3.28. The van der Waals surface area contributed by atoms with E-state index in [1.54, 1.807) is 48.5 Å². The van der Waals surface area contributed by atoms with Crippen LogP contribution in [-0.4, -0.2) is 48.3 Å². The van der Waals surface area contributed by atoms with Gasteiger partial charge in [0.25, 0.3) is 15.9 Å². The van der Waals surface area contributed by atoms with Crippen LogP contribution in [0.3, 0.4) is 0 Å². The van der Waals surface area contributed by atoms with Crippen molar-refractivity contribution in [1.82, 2.24) is 20.5 Å². The summed E-state index contributed by atoms with van der Waals surface area (Å²) in [6.45, 7) is 2.67. The molecule has 0 unspecified atom stereocenters. The van der Waals surface area contributed by atoms with Gasteiger partial charge in [0.15, 0.2) is 0 Å². The van der Waals surface area contributed by atoms with E-state index in [9.17, 15) is 13.2 Å². The summed E-state index contributed by atoms with van der Waals surface area (Å²) < 4.78 is 27.3. The second-order valence-electron chi connectivity index (χ2n) is 6.79. The van der Waals surface area contributed by atoms with Crippen molar-refractivity contribution in [2.45, 2.75) is 23.4 Å². The summed E-state index contributed by atoms with van der Waals surface area (Å²) in [5, 5.41) is 10.3. The first-order valence-electron chi connectivity index (χ1n) is 9.46. The molecule has 2 aromatic carbocycles. The van der Waals surface area contributed by atoms with E-state index in [0.29, 0.717) is 41.7 Å². The molecule has 1 amide bonds. The van der Waals surface area contributed by atoms with Crippen LogP contribution in [0.4, 0.5) is 5.69 Å². The minimum Gasteiger partial charge on any atom is -0.351 e. The summed E-state index contributed by atoms with van der Waals surface area (Å²) in [6, 6.07) is 13.5. The molecule has 0 atom stereocenters. The molecular formula is C20H21N5O3S2. The Morgan fingerprint density at radius 3 is 2.77 bits per heavy atom. The summed E-state index contributed by atoms with van der Waals surface area (Å²) in [5.41, 5.74) is 2.00. The number of benzene rings is 2. The maximum absolute atomic E-state index is 12.9. The van der Waals surface area contributed by atoms with Crippen LogP contribution in [0.2, 0.25) is 0 Å². The Morgan fingerprint density at radius 1 is 1.23 bits per heavy atom. The third-order valence-corrected chi connectivity index (χ3v) is 7.40. The maximum Gasteiger partial charge on any atom is 0.264 e. The Balaban J connectivity index is 1.40. The van der Waals surface area contributed by atoms with E-state index in [2.05, 4.69) is 20.5 Å². The highest BCUT2D eigenvalue weighted by Gasteiger charge is 2.31. The SMILES string of the molecule is Cc1nc(SCCNC(=O)c2ccc3c(c2)CCN3S(=O)(=O)c2ccccc2)n[nH]1. The van der Waals surface area contributed by atoms with Gasteiger partial charge in [-0.1, -0.05) is 30.0 Å². The van der Waals surface area contributed by atoms with E-state index in [4.69, 9.17) is 0 Å². The van der Waals surface area contributed by atoms with Crippen LogP contribution in [0.1, 0.15) is 21.7 Å². The van der Waals surface area contributed by atoms with E-state index < -0.39 is 10.0 Å². The Hall–Kier alpha value is -2.85. The summed E-state index contributed by atoms with van der Waals surface area (Å²) in [7, 11) is -3.61. The lowest BCUT2D eigenvalue weighted by Crippen LogP contribution is -2.29. The van der Waals surface area contributed by atoms with Gasteiger partial charge in [0, 0.05) is 24.4 Å². The van der Waals surface area contributed by atoms with Crippen molar-refractivity contribution in [3.05, 3.63) is 65.5 Å². The molecule has 0 saturated heterocycles. The maximum atomic E-state index is 12.9. The molecule has 0 fully saturated rings. The topological polar surface area (TPSA) is 108 Å². The minimum atomic E-state index is -3.61. The van der Waals surface area contributed by atoms with E-state index in [1.165, 1.54) is 16.1 Å². The Bertz CT molecular complexity index is 1160. The van der Waals surface area contributed by atoms with Gasteiger partial charge in [-0.3, -0.25) is 14.2 Å². The average Bonchev–Trinajstić information content (AvgIpc) is 3.37. The highest BCUT2D eigenvalue weighted by molar-refractivity contribution is 7.99. The van der Waals surface area contributed by atoms with Gasteiger partial charge in [0.2, 0.25) is 5.16 Å². The number of aromatic amines is 1. The van der Waals surface area contributed by atoms with Crippen LogP contribution < -0.4 is 9.62 Å². The molecule has 10 heteroatoms. The number of H-pyrrole nitrogens is 1. The zero-order chi connectivity index (χ0) is 21.1. The van der Waals surface area contributed by atoms with Crippen LogP contribution in [0.15, 0.2) is 58.6 Å². The molecule has 2 heterocycles. The van der Waals surface area contributed by atoms with Crippen molar-refractivity contribution < 1.29 is 13.2 Å². The first-order chi connectivity index (χ1) is 14.4. The predicted molar refractivity (Wildman–Crippen MR) is 115 cm³/mol. The standard InChI is InChI=1S/C20H21N5O3S2/c1-14-22-20(24-23-14)29-12-10-21-19(26)16-7-8-18-15(13-16)9-11-25(18)30(27,28)17-5-3-2-4-6-17/h2-8,13H,9-12H2,1H3,(H,21,26)(H,22,23,24). The second kappa shape index (κ2) is 8.49. The second-order valence-corrected chi connectivity index (χ2v) is 9.72. The lowest BCUT2D eigenvalue weighted by atomic mass is 10.1. The van der Waals surface area contributed by atoms with Crippen LogP contribution in [0.5, 0.6) is 0 Å². The molecule has 30 heavy (non-hydrogen) atoms. The molecule has 1 aliphatic heterocycles. The third kappa shape index (κ3) is 4.19. The van der Waals surface area contributed by atoms with Gasteiger partial charge in [0.05, 0.1) is 10.6 Å². The van der Waals surface area contributed by atoms with Gasteiger partial charge < -0.3 is 5.32 Å². The Morgan fingerprint density at radius 2 is 2.03 bits per heavy atom. The molecular weight excluding hydrogens is 422 g/mol. The number of carbonyl (C=O) groups excluding carboxylic acids is 1. The third-order valence-electron chi connectivity index (χ3n) is 4.72. The van der Waals surface area contributed by atoms with Gasteiger partial charge in [-0.25, -0.2) is 13.4 Å². The molecule has 156 valence electrons. The fraction of sp³-hybridized carbons (Fsp3) is 0.250. The molecule has 1 aromatic heterocycles. The number of carbonyl (C=O) groups is 1. The average molecular weight is 444 g/mol. The summed E-state index contributed by atoms with van der Waals surface area (Å²) in [6.07, 6.45) is 0.572. The fourth-order valence-corrected chi connectivity index (χ4v) is 5.50. The predicted octanol–water partition coefficient (Wildman–Crippen LogP) is 2.39. The van der Waals surface area contributed by atoms with Crippen molar-refractivity contribution in [3.63, 3.8) is 0 Å². The summed E-state index contributed by atoms with van der Waals surface area (Å²) in [4.78, 5) is 16.9. The number of aromatic nitrogens is 3. The monoisotopic (exact) mass is 443 g/mol. The molecule has 2 N–H and O–H groups in total. The quantitative estimate of drug-likeness (QED) is 0.429. The van der Waals surface area contributed by atoms with Gasteiger partial charge in [-0.05, 0) is 49.2 Å². The number of nitrogens with zero attached hydrogens (tertiary/aromatic N) is 3. The number of sulfonamides is 1. The van der Waals surface area contributed by atoms with E-state index in [0.717, 1.165) is 11.4 Å². The number of hydrogen-bond donors (Lipinski definition) is 2. The Labute approximate surface area is 179 Å². The van der Waals surface area contributed by atoms with E-state index >= 15 is 0 Å². The Kier molecular flexibility index (Phi) is 5.78. The van der Waals surface area contributed by atoms with Crippen molar-refractivity contribution in [1.29, 1.82) is 0 Å². The molecule has 0 bridgehead atoms. The molecule has 0 saturated carbocycles. The highest BCUT2D eigenvalue weighted by Crippen LogP contribution is 2.33. The number of hydrogen-bond acceptors (Lipinski definition) is 6. The number of aryl methyl sites for hydroxylation is 1. The van der Waals surface area contributed by atoms with Crippen molar-refractivity contribution in [3.8, 4) is 0 Å². The number of fused-ring (bicyclic) bond motifs is 1. The minimum absolute atomic E-state index is 0.186. The van der Waals surface area contributed by atoms with Crippen LogP contribution in [0.25, 0.3) is 0 Å². The molecule has 8 nitrogen and oxygen atoms in total. The van der Waals surface area contributed by atoms with Gasteiger partial charge in [-0.2, -0.15) is 0 Å². The van der Waals surface area contributed by atoms with Gasteiger partial charge >= 0.3 is 0 Å². The number of amides is 1. The zero-order valence-electron chi connectivity index (χ0n) is 16.3. The van der Waals surface area contributed by atoms with Gasteiger partial charge in [0.1, 0.15) is 5.82 Å². The van der Waals surface area contributed by atoms with Crippen molar-refractivity contribution >= 4 is 33.4 Å². The summed E-state index contributed by atoms with van der Waals surface area (Å²) in [5.74, 6) is 1.22. The van der Waals surface area contributed by atoms with Crippen LogP contribution in [0, 0.1) is 6.92 Å². The molecule has 0 spiro atoms. The lowest BCUT2D eigenvalue weighted by Gasteiger charge is -2.19. The highest BCUT2D eigenvalue weighted by atomic mass is 32.2. The normalized spacial score (nSPS) is 13.3. The van der Waals surface area contributed by atoms with Crippen molar-refractivity contribution in [2.75, 3.05) is 23.1 Å². The first kappa shape index (κ1) is 20.4. The van der Waals surface area contributed by atoms with Crippen LogP contribution in [-0.2, 0) is 16.4 Å². The molecule has 4 rings (SSSR count). The lowest BCUT2D eigenvalue weighted by molar-refractivity contribution is 0.0956. The smallest absolute Gasteiger partial charge is 0.264 e. The number of rotatable bonds is 7. The zero-order valence-corrected chi connectivity index (χ0v) is 18.0. The molecule has 0 aliphatic carbocycles. The first-order valence-corrected chi connectivity index (χ1v) is 11.9. The molecule has 0 radical (unpaired) electrons.